The van der Waals surface area contributed by atoms with E-state index in [-0.39, 0.29) is 11.3 Å². The molecule has 0 aliphatic heterocycles. The Bertz CT molecular complexity index is 522. The second-order valence-corrected chi connectivity index (χ2v) is 5.47. The zero-order valence-electron chi connectivity index (χ0n) is 12.0. The molecular weight excluding hydrogens is 263 g/mol. The van der Waals surface area contributed by atoms with Gasteiger partial charge in [-0.05, 0) is 45.9 Å². The molecule has 3 N–H and O–H groups in total. The first-order chi connectivity index (χ1) is 9.10. The normalized spacial score (nSPS) is 12.7. The number of benzene rings is 1. The third-order valence-corrected chi connectivity index (χ3v) is 2.29. The number of nitrogens with one attached hydrogen (secondary N) is 1. The fraction of sp³-hybridized carbons (Fsp3) is 0.429. The van der Waals surface area contributed by atoms with E-state index in [1.54, 1.807) is 20.8 Å². The molecule has 0 heterocycles. The third kappa shape index (κ3) is 4.62. The van der Waals surface area contributed by atoms with E-state index in [0.717, 1.165) is 6.07 Å². The van der Waals surface area contributed by atoms with Gasteiger partial charge in [0.15, 0.2) is 5.78 Å². The van der Waals surface area contributed by atoms with Gasteiger partial charge >= 0.3 is 6.09 Å². The lowest BCUT2D eigenvalue weighted by atomic mass is 10.1. The van der Waals surface area contributed by atoms with Crippen molar-refractivity contribution in [1.82, 2.24) is 0 Å². The highest BCUT2D eigenvalue weighted by Crippen LogP contribution is 2.17. The molecule has 1 aromatic carbocycles. The van der Waals surface area contributed by atoms with Crippen molar-refractivity contribution in [2.45, 2.75) is 39.3 Å². The summed E-state index contributed by atoms with van der Waals surface area (Å²) in [4.78, 5) is 23.1. The Hall–Kier alpha value is -1.95. The van der Waals surface area contributed by atoms with Gasteiger partial charge in [0.25, 0.3) is 0 Å². The number of carbonyl (C=O) groups excluding carboxylic acids is 2. The standard InChI is InChI=1S/C14H19FN2O3/c1-8(16)12(18)10-6-5-9(7-11(10)15)17-13(19)20-14(2,3)4/h5-8H,16H2,1-4H3,(H,17,19). The summed E-state index contributed by atoms with van der Waals surface area (Å²) >= 11 is 0. The van der Waals surface area contributed by atoms with Gasteiger partial charge in [0.2, 0.25) is 0 Å². The second kappa shape index (κ2) is 6.00. The lowest BCUT2D eigenvalue weighted by Gasteiger charge is -2.19. The third-order valence-electron chi connectivity index (χ3n) is 2.29. The van der Waals surface area contributed by atoms with Gasteiger partial charge in [-0.15, -0.1) is 0 Å². The molecule has 6 heteroatoms. The first-order valence-corrected chi connectivity index (χ1v) is 6.19. The molecule has 0 saturated heterocycles. The van der Waals surface area contributed by atoms with Crippen LogP contribution in [0.15, 0.2) is 18.2 Å². The number of ether oxygens (including phenoxy) is 1. The van der Waals surface area contributed by atoms with Crippen LogP contribution in [0.2, 0.25) is 0 Å². The summed E-state index contributed by atoms with van der Waals surface area (Å²) < 4.78 is 18.8. The summed E-state index contributed by atoms with van der Waals surface area (Å²) in [6.07, 6.45) is -0.692. The van der Waals surface area contributed by atoms with Crippen LogP contribution in [0.1, 0.15) is 38.1 Å². The van der Waals surface area contributed by atoms with Crippen LogP contribution < -0.4 is 11.1 Å². The molecule has 0 saturated carbocycles. The summed E-state index contributed by atoms with van der Waals surface area (Å²) in [6, 6.07) is 2.98. The molecule has 1 rings (SSSR count). The van der Waals surface area contributed by atoms with E-state index >= 15 is 0 Å². The zero-order chi connectivity index (χ0) is 15.5. The summed E-state index contributed by atoms with van der Waals surface area (Å²) in [5.74, 6) is -1.23. The fourth-order valence-electron chi connectivity index (χ4n) is 1.46. The minimum Gasteiger partial charge on any atom is -0.444 e. The van der Waals surface area contributed by atoms with E-state index in [0.29, 0.717) is 0 Å². The maximum absolute atomic E-state index is 13.8. The molecular formula is C14H19FN2O3. The zero-order valence-corrected chi connectivity index (χ0v) is 12.0. The summed E-state index contributed by atoms with van der Waals surface area (Å²) in [6.45, 7) is 6.64. The van der Waals surface area contributed by atoms with Gasteiger partial charge in [0.1, 0.15) is 11.4 Å². The van der Waals surface area contributed by atoms with Gasteiger partial charge in [-0.1, -0.05) is 0 Å². The summed E-state index contributed by atoms with van der Waals surface area (Å²) in [7, 11) is 0. The average molecular weight is 282 g/mol. The van der Waals surface area contributed by atoms with Crippen LogP contribution in [0.25, 0.3) is 0 Å². The molecule has 1 amide bonds. The lowest BCUT2D eigenvalue weighted by Crippen LogP contribution is -2.28. The maximum Gasteiger partial charge on any atom is 0.412 e. The number of carbonyl (C=O) groups is 2. The van der Waals surface area contributed by atoms with E-state index in [1.165, 1.54) is 19.1 Å². The van der Waals surface area contributed by atoms with Crippen LogP contribution in [0, 0.1) is 5.82 Å². The number of anilines is 1. The van der Waals surface area contributed by atoms with Gasteiger partial charge < -0.3 is 10.5 Å². The summed E-state index contributed by atoms with van der Waals surface area (Å²) in [5, 5.41) is 2.39. The Morgan fingerprint density at radius 2 is 1.95 bits per heavy atom. The van der Waals surface area contributed by atoms with Crippen molar-refractivity contribution < 1.29 is 18.7 Å². The maximum atomic E-state index is 13.8. The fourth-order valence-corrected chi connectivity index (χ4v) is 1.46. The largest absolute Gasteiger partial charge is 0.444 e. The highest BCUT2D eigenvalue weighted by Gasteiger charge is 2.18. The van der Waals surface area contributed by atoms with Crippen molar-refractivity contribution in [3.8, 4) is 0 Å². The molecule has 0 bridgehead atoms. The Balaban J connectivity index is 2.83. The molecule has 110 valence electrons. The molecule has 20 heavy (non-hydrogen) atoms. The number of nitrogens with two attached hydrogens (primary N) is 1. The van der Waals surface area contributed by atoms with Gasteiger partial charge in [-0.25, -0.2) is 9.18 Å². The second-order valence-electron chi connectivity index (χ2n) is 5.47. The van der Waals surface area contributed by atoms with E-state index in [1.807, 2.05) is 0 Å². The van der Waals surface area contributed by atoms with Crippen LogP contribution in [-0.2, 0) is 4.74 Å². The number of amides is 1. The van der Waals surface area contributed by atoms with Crippen molar-refractivity contribution in [1.29, 1.82) is 0 Å². The molecule has 0 aliphatic rings. The van der Waals surface area contributed by atoms with Crippen molar-refractivity contribution in [2.24, 2.45) is 5.73 Å². The number of rotatable bonds is 3. The first-order valence-electron chi connectivity index (χ1n) is 6.19. The first kappa shape index (κ1) is 16.1. The molecule has 0 radical (unpaired) electrons. The highest BCUT2D eigenvalue weighted by atomic mass is 19.1. The van der Waals surface area contributed by atoms with Crippen molar-refractivity contribution >= 4 is 17.6 Å². The number of Topliss-reactive ketones (excluding diaryl/α,β-unsaturated/α-hetero) is 1. The SMILES string of the molecule is CC(N)C(=O)c1ccc(NC(=O)OC(C)(C)C)cc1F. The van der Waals surface area contributed by atoms with E-state index in [9.17, 15) is 14.0 Å². The Labute approximate surface area is 117 Å². The lowest BCUT2D eigenvalue weighted by molar-refractivity contribution is 0.0636. The van der Waals surface area contributed by atoms with Gasteiger partial charge in [-0.2, -0.15) is 0 Å². The molecule has 5 nitrogen and oxygen atoms in total. The minimum absolute atomic E-state index is 0.102. The molecule has 1 aromatic rings. The smallest absolute Gasteiger partial charge is 0.412 e. The monoisotopic (exact) mass is 282 g/mol. The Morgan fingerprint density at radius 1 is 1.35 bits per heavy atom. The van der Waals surface area contributed by atoms with Crippen LogP contribution in [0.3, 0.4) is 0 Å². The van der Waals surface area contributed by atoms with Gasteiger partial charge in [0.05, 0.1) is 11.6 Å². The Morgan fingerprint density at radius 3 is 2.40 bits per heavy atom. The van der Waals surface area contributed by atoms with E-state index in [2.05, 4.69) is 5.32 Å². The van der Waals surface area contributed by atoms with Crippen LogP contribution in [-0.4, -0.2) is 23.5 Å². The predicted molar refractivity (Wildman–Crippen MR) is 74.2 cm³/mol. The molecule has 0 spiro atoms. The van der Waals surface area contributed by atoms with Crippen LogP contribution in [0.5, 0.6) is 0 Å². The van der Waals surface area contributed by atoms with E-state index in [4.69, 9.17) is 10.5 Å². The number of halogens is 1. The molecule has 1 atom stereocenters. The van der Waals surface area contributed by atoms with Crippen molar-refractivity contribution in [3.63, 3.8) is 0 Å². The topological polar surface area (TPSA) is 81.4 Å². The predicted octanol–water partition coefficient (Wildman–Crippen LogP) is 2.70. The number of ketones is 1. The molecule has 0 fully saturated rings. The quantitative estimate of drug-likeness (QED) is 0.835. The van der Waals surface area contributed by atoms with Crippen molar-refractivity contribution in [3.05, 3.63) is 29.6 Å². The molecule has 0 aromatic heterocycles. The summed E-state index contributed by atoms with van der Waals surface area (Å²) in [5.41, 5.74) is 4.88. The minimum atomic E-state index is -0.783. The Kier molecular flexibility index (Phi) is 4.83. The van der Waals surface area contributed by atoms with Gasteiger partial charge in [0, 0.05) is 5.69 Å². The van der Waals surface area contributed by atoms with Crippen molar-refractivity contribution in [2.75, 3.05) is 5.32 Å². The van der Waals surface area contributed by atoms with Crippen LogP contribution in [0.4, 0.5) is 14.9 Å². The number of hydrogen-bond acceptors (Lipinski definition) is 4. The number of hydrogen-bond donors (Lipinski definition) is 2. The molecule has 1 unspecified atom stereocenters. The average Bonchev–Trinajstić information content (AvgIpc) is 2.25. The van der Waals surface area contributed by atoms with Crippen LogP contribution >= 0.6 is 0 Å². The van der Waals surface area contributed by atoms with Gasteiger partial charge in [-0.3, -0.25) is 10.1 Å². The highest BCUT2D eigenvalue weighted by molar-refractivity contribution is 6.00. The van der Waals surface area contributed by atoms with E-state index < -0.39 is 29.3 Å². The molecule has 0 aliphatic carbocycles.